The third-order valence-electron chi connectivity index (χ3n) is 2.56. The van der Waals surface area contributed by atoms with Crippen molar-refractivity contribution in [1.29, 1.82) is 5.26 Å². The number of carbonyl (C=O) groups is 1. The van der Waals surface area contributed by atoms with E-state index in [0.29, 0.717) is 5.92 Å². The van der Waals surface area contributed by atoms with Gasteiger partial charge in [-0.25, -0.2) is 0 Å². The van der Waals surface area contributed by atoms with Gasteiger partial charge in [-0.15, -0.1) is 0 Å². The fraction of sp³-hybridized carbons (Fsp3) is 0.444. The van der Waals surface area contributed by atoms with Crippen molar-refractivity contribution in [3.8, 4) is 6.07 Å². The minimum atomic E-state index is -0.100. The summed E-state index contributed by atoms with van der Waals surface area (Å²) in [5, 5.41) is 12.4. The lowest BCUT2D eigenvalue weighted by Crippen LogP contribution is -2.17. The zero-order chi connectivity index (χ0) is 10.3. The molecule has 2 rings (SSSR count). The van der Waals surface area contributed by atoms with Crippen molar-refractivity contribution in [2.75, 3.05) is 5.73 Å². The van der Waals surface area contributed by atoms with Crippen LogP contribution in [0.1, 0.15) is 23.7 Å². The molecule has 5 heteroatoms. The van der Waals surface area contributed by atoms with Gasteiger partial charge in [0.2, 0.25) is 0 Å². The van der Waals surface area contributed by atoms with Crippen molar-refractivity contribution in [3.63, 3.8) is 0 Å². The van der Waals surface area contributed by atoms with Gasteiger partial charge in [-0.2, -0.15) is 15.0 Å². The first-order valence-corrected chi connectivity index (χ1v) is 4.43. The topological polar surface area (TPSA) is 84.7 Å². The Bertz CT molecular complexity index is 429. The smallest absolute Gasteiger partial charge is 0.252 e. The molecule has 72 valence electrons. The number of hydrogen-bond donors (Lipinski definition) is 1. The predicted molar refractivity (Wildman–Crippen MR) is 49.3 cm³/mol. The molecule has 0 aliphatic heterocycles. The van der Waals surface area contributed by atoms with Gasteiger partial charge in [0, 0.05) is 5.92 Å². The van der Waals surface area contributed by atoms with Crippen LogP contribution in [0.2, 0.25) is 0 Å². The first kappa shape index (κ1) is 8.75. The normalized spacial score (nSPS) is 24.3. The molecule has 1 heterocycles. The van der Waals surface area contributed by atoms with Crippen LogP contribution in [0.5, 0.6) is 0 Å². The molecule has 1 fully saturated rings. The Morgan fingerprint density at radius 3 is 2.93 bits per heavy atom. The van der Waals surface area contributed by atoms with Gasteiger partial charge >= 0.3 is 0 Å². The van der Waals surface area contributed by atoms with E-state index in [-0.39, 0.29) is 23.2 Å². The standard InChI is InChI=1S/C9H10N4O/c1-5-2-7(5)9(14)13-8(11)6(3-10)4-12-13/h4-5,7H,2,11H2,1H3/t5-,7-/m0/s1. The zero-order valence-corrected chi connectivity index (χ0v) is 7.77. The Morgan fingerprint density at radius 2 is 2.50 bits per heavy atom. The highest BCUT2D eigenvalue weighted by atomic mass is 16.2. The molecule has 5 nitrogen and oxygen atoms in total. The number of carbonyl (C=O) groups excluding carboxylic acids is 1. The van der Waals surface area contributed by atoms with Crippen molar-refractivity contribution in [1.82, 2.24) is 9.78 Å². The van der Waals surface area contributed by atoms with Crippen LogP contribution >= 0.6 is 0 Å². The summed E-state index contributed by atoms with van der Waals surface area (Å²) in [5.41, 5.74) is 5.84. The van der Waals surface area contributed by atoms with E-state index in [1.807, 2.05) is 13.0 Å². The largest absolute Gasteiger partial charge is 0.382 e. The van der Waals surface area contributed by atoms with Gasteiger partial charge in [-0.3, -0.25) is 4.79 Å². The molecular formula is C9H10N4O. The van der Waals surface area contributed by atoms with Gasteiger partial charge in [0.05, 0.1) is 6.20 Å². The molecular weight excluding hydrogens is 180 g/mol. The van der Waals surface area contributed by atoms with Crippen molar-refractivity contribution in [2.45, 2.75) is 13.3 Å². The summed E-state index contributed by atoms with van der Waals surface area (Å²) in [6.07, 6.45) is 2.21. The van der Waals surface area contributed by atoms with Crippen LogP contribution in [0.3, 0.4) is 0 Å². The molecule has 1 aliphatic rings. The van der Waals surface area contributed by atoms with Crippen LogP contribution in [-0.4, -0.2) is 15.7 Å². The first-order chi connectivity index (χ1) is 6.65. The van der Waals surface area contributed by atoms with E-state index in [0.717, 1.165) is 11.1 Å². The fourth-order valence-corrected chi connectivity index (χ4v) is 1.44. The minimum absolute atomic E-state index is 0.0312. The molecule has 1 aromatic heterocycles. The second-order valence-corrected chi connectivity index (χ2v) is 3.62. The van der Waals surface area contributed by atoms with Crippen molar-refractivity contribution in [3.05, 3.63) is 11.8 Å². The Morgan fingerprint density at radius 1 is 1.86 bits per heavy atom. The van der Waals surface area contributed by atoms with Gasteiger partial charge in [-0.05, 0) is 12.3 Å². The highest BCUT2D eigenvalue weighted by Crippen LogP contribution is 2.39. The maximum Gasteiger partial charge on any atom is 0.252 e. The molecule has 0 amide bonds. The number of anilines is 1. The van der Waals surface area contributed by atoms with Crippen LogP contribution < -0.4 is 5.73 Å². The Labute approximate surface area is 81.1 Å². The van der Waals surface area contributed by atoms with Gasteiger partial charge in [0.15, 0.2) is 0 Å². The number of aromatic nitrogens is 2. The summed E-state index contributed by atoms with van der Waals surface area (Å²) in [6, 6.07) is 1.88. The molecule has 0 saturated heterocycles. The van der Waals surface area contributed by atoms with Gasteiger partial charge in [0.1, 0.15) is 17.5 Å². The number of nitrogen functional groups attached to an aromatic ring is 1. The lowest BCUT2D eigenvalue weighted by molar-refractivity contribution is 0.0867. The lowest BCUT2D eigenvalue weighted by atomic mass is 10.3. The zero-order valence-electron chi connectivity index (χ0n) is 7.77. The van der Waals surface area contributed by atoms with Crippen molar-refractivity contribution >= 4 is 11.7 Å². The molecule has 2 atom stereocenters. The number of nitrogens with two attached hydrogens (primary N) is 1. The number of nitrogens with zero attached hydrogens (tertiary/aromatic N) is 3. The molecule has 1 aliphatic carbocycles. The number of hydrogen-bond acceptors (Lipinski definition) is 4. The third kappa shape index (κ3) is 1.16. The predicted octanol–water partition coefficient (Wildman–Crippen LogP) is 0.633. The highest BCUT2D eigenvalue weighted by molar-refractivity contribution is 5.86. The fourth-order valence-electron chi connectivity index (χ4n) is 1.44. The second-order valence-electron chi connectivity index (χ2n) is 3.62. The second kappa shape index (κ2) is 2.84. The van der Waals surface area contributed by atoms with Gasteiger partial charge in [-0.1, -0.05) is 6.92 Å². The molecule has 2 N–H and O–H groups in total. The summed E-state index contributed by atoms with van der Waals surface area (Å²) < 4.78 is 1.13. The monoisotopic (exact) mass is 190 g/mol. The van der Waals surface area contributed by atoms with Crippen LogP contribution in [0.4, 0.5) is 5.82 Å². The van der Waals surface area contributed by atoms with E-state index < -0.39 is 0 Å². The highest BCUT2D eigenvalue weighted by Gasteiger charge is 2.41. The number of rotatable bonds is 1. The summed E-state index contributed by atoms with van der Waals surface area (Å²) >= 11 is 0. The molecule has 0 unspecified atom stereocenters. The van der Waals surface area contributed by atoms with Gasteiger partial charge < -0.3 is 5.73 Å². The Balaban J connectivity index is 2.29. The van der Waals surface area contributed by atoms with Crippen LogP contribution in [0.15, 0.2) is 6.20 Å². The Kier molecular flexibility index (Phi) is 1.78. The van der Waals surface area contributed by atoms with E-state index in [1.165, 1.54) is 6.20 Å². The molecule has 0 aromatic carbocycles. The van der Waals surface area contributed by atoms with E-state index >= 15 is 0 Å². The summed E-state index contributed by atoms with van der Waals surface area (Å²) in [7, 11) is 0. The maximum absolute atomic E-state index is 11.7. The van der Waals surface area contributed by atoms with Crippen LogP contribution in [-0.2, 0) is 0 Å². The van der Waals surface area contributed by atoms with Crippen LogP contribution in [0, 0.1) is 23.2 Å². The Hall–Kier alpha value is -1.83. The average Bonchev–Trinajstić information content (AvgIpc) is 2.77. The first-order valence-electron chi connectivity index (χ1n) is 4.43. The minimum Gasteiger partial charge on any atom is -0.382 e. The molecule has 0 spiro atoms. The lowest BCUT2D eigenvalue weighted by Gasteiger charge is -2.00. The molecule has 1 saturated carbocycles. The van der Waals surface area contributed by atoms with E-state index in [2.05, 4.69) is 5.10 Å². The summed E-state index contributed by atoms with van der Waals surface area (Å²) in [6.45, 7) is 2.01. The van der Waals surface area contributed by atoms with Crippen LogP contribution in [0.25, 0.3) is 0 Å². The number of nitriles is 1. The molecule has 0 bridgehead atoms. The average molecular weight is 190 g/mol. The molecule has 14 heavy (non-hydrogen) atoms. The van der Waals surface area contributed by atoms with E-state index in [9.17, 15) is 4.79 Å². The SMILES string of the molecule is C[C@H]1C[C@@H]1C(=O)n1ncc(C#N)c1N. The van der Waals surface area contributed by atoms with Gasteiger partial charge in [0.25, 0.3) is 5.91 Å². The molecule has 0 radical (unpaired) electrons. The summed E-state index contributed by atoms with van der Waals surface area (Å²) in [4.78, 5) is 11.7. The summed E-state index contributed by atoms with van der Waals surface area (Å²) in [5.74, 6) is 0.494. The maximum atomic E-state index is 11.7. The van der Waals surface area contributed by atoms with Crippen molar-refractivity contribution < 1.29 is 4.79 Å². The quantitative estimate of drug-likeness (QED) is 0.703. The third-order valence-corrected chi connectivity index (χ3v) is 2.56. The van der Waals surface area contributed by atoms with Crippen molar-refractivity contribution in [2.24, 2.45) is 11.8 Å². The van der Waals surface area contributed by atoms with E-state index in [4.69, 9.17) is 11.0 Å². The molecule has 1 aromatic rings. The van der Waals surface area contributed by atoms with E-state index in [1.54, 1.807) is 0 Å².